The van der Waals surface area contributed by atoms with E-state index in [1.54, 1.807) is 23.5 Å². The highest BCUT2D eigenvalue weighted by Crippen LogP contribution is 2.27. The fourth-order valence-electron chi connectivity index (χ4n) is 3.17. The average Bonchev–Trinajstić information content (AvgIpc) is 3.31. The van der Waals surface area contributed by atoms with E-state index in [0.29, 0.717) is 19.5 Å². The molecule has 1 aromatic carbocycles. The fourth-order valence-corrected chi connectivity index (χ4v) is 4.03. The highest BCUT2D eigenvalue weighted by Gasteiger charge is 2.24. The van der Waals surface area contributed by atoms with E-state index in [-0.39, 0.29) is 17.9 Å². The second kappa shape index (κ2) is 8.97. The van der Waals surface area contributed by atoms with Crippen molar-refractivity contribution in [3.8, 4) is 0 Å². The minimum Gasteiger partial charge on any atom is -0.338 e. The molecule has 0 spiro atoms. The van der Waals surface area contributed by atoms with Crippen molar-refractivity contribution in [2.75, 3.05) is 26.2 Å². The summed E-state index contributed by atoms with van der Waals surface area (Å²) in [5, 5.41) is 7.96. The molecule has 1 unspecified atom stereocenters. The third-order valence-electron chi connectivity index (χ3n) is 4.52. The van der Waals surface area contributed by atoms with Gasteiger partial charge in [-0.05, 0) is 61.5 Å². The van der Waals surface area contributed by atoms with Crippen LogP contribution in [-0.4, -0.2) is 37.1 Å². The van der Waals surface area contributed by atoms with Crippen LogP contribution in [0, 0.1) is 5.82 Å². The lowest BCUT2D eigenvalue weighted by Crippen LogP contribution is -2.41. The monoisotopic (exact) mass is 361 g/mol. The quantitative estimate of drug-likeness (QED) is 0.792. The highest BCUT2D eigenvalue weighted by molar-refractivity contribution is 7.10. The van der Waals surface area contributed by atoms with Crippen LogP contribution in [0.4, 0.5) is 9.18 Å². The van der Waals surface area contributed by atoms with Crippen molar-refractivity contribution in [3.05, 3.63) is 58.0 Å². The molecule has 1 aromatic heterocycles. The van der Waals surface area contributed by atoms with Gasteiger partial charge in [0.2, 0.25) is 0 Å². The van der Waals surface area contributed by atoms with Gasteiger partial charge in [-0.1, -0.05) is 18.2 Å². The number of urea groups is 1. The van der Waals surface area contributed by atoms with Gasteiger partial charge in [0.1, 0.15) is 5.82 Å². The van der Waals surface area contributed by atoms with E-state index in [1.807, 2.05) is 0 Å². The van der Waals surface area contributed by atoms with Crippen LogP contribution >= 0.6 is 11.3 Å². The smallest absolute Gasteiger partial charge is 0.314 e. The Hall–Kier alpha value is -1.92. The number of halogens is 1. The number of nitrogens with zero attached hydrogens (tertiary/aromatic N) is 1. The number of carbonyl (C=O) groups is 1. The summed E-state index contributed by atoms with van der Waals surface area (Å²) in [4.78, 5) is 15.8. The molecular formula is C19H24FN3OS. The van der Waals surface area contributed by atoms with E-state index in [9.17, 15) is 9.18 Å². The van der Waals surface area contributed by atoms with Crippen molar-refractivity contribution >= 4 is 17.4 Å². The summed E-state index contributed by atoms with van der Waals surface area (Å²) in [6.45, 7) is 3.33. The van der Waals surface area contributed by atoms with Crippen LogP contribution in [0.5, 0.6) is 0 Å². The summed E-state index contributed by atoms with van der Waals surface area (Å²) in [5.74, 6) is -0.240. The third kappa shape index (κ3) is 5.28. The van der Waals surface area contributed by atoms with Crippen molar-refractivity contribution in [2.24, 2.45) is 0 Å². The first-order valence-corrected chi connectivity index (χ1v) is 9.64. The van der Waals surface area contributed by atoms with Gasteiger partial charge in [0.05, 0.1) is 6.04 Å². The Morgan fingerprint density at radius 3 is 2.60 bits per heavy atom. The maximum absolute atomic E-state index is 12.9. The SMILES string of the molecule is O=C(NCCc1ccc(F)cc1)NCC(c1cccs1)N1CCCC1. The van der Waals surface area contributed by atoms with Gasteiger partial charge in [0.15, 0.2) is 0 Å². The molecule has 134 valence electrons. The largest absolute Gasteiger partial charge is 0.338 e. The number of amides is 2. The first-order valence-electron chi connectivity index (χ1n) is 8.76. The summed E-state index contributed by atoms with van der Waals surface area (Å²) in [6.07, 6.45) is 3.14. The van der Waals surface area contributed by atoms with E-state index in [0.717, 1.165) is 18.7 Å². The number of thiophene rings is 1. The highest BCUT2D eigenvalue weighted by atomic mass is 32.1. The van der Waals surface area contributed by atoms with Gasteiger partial charge in [0, 0.05) is 18.0 Å². The second-order valence-electron chi connectivity index (χ2n) is 6.29. The summed E-state index contributed by atoms with van der Waals surface area (Å²) in [5.41, 5.74) is 1.01. The maximum atomic E-state index is 12.9. The molecule has 1 atom stereocenters. The van der Waals surface area contributed by atoms with Crippen molar-refractivity contribution in [2.45, 2.75) is 25.3 Å². The lowest BCUT2D eigenvalue weighted by molar-refractivity contribution is 0.222. The van der Waals surface area contributed by atoms with Gasteiger partial charge in [-0.25, -0.2) is 9.18 Å². The lowest BCUT2D eigenvalue weighted by Gasteiger charge is -2.26. The normalized spacial score (nSPS) is 15.9. The van der Waals surface area contributed by atoms with Crippen LogP contribution in [0.15, 0.2) is 41.8 Å². The third-order valence-corrected chi connectivity index (χ3v) is 5.50. The minimum absolute atomic E-state index is 0.150. The lowest BCUT2D eigenvalue weighted by atomic mass is 10.1. The van der Waals surface area contributed by atoms with Crippen molar-refractivity contribution in [1.82, 2.24) is 15.5 Å². The molecule has 1 aliphatic rings. The molecule has 25 heavy (non-hydrogen) atoms. The minimum atomic E-state index is -0.240. The van der Waals surface area contributed by atoms with Crippen LogP contribution in [0.2, 0.25) is 0 Å². The van der Waals surface area contributed by atoms with Gasteiger partial charge in [-0.2, -0.15) is 0 Å². The molecule has 4 nitrogen and oxygen atoms in total. The number of rotatable bonds is 7. The van der Waals surface area contributed by atoms with Crippen molar-refractivity contribution < 1.29 is 9.18 Å². The zero-order chi connectivity index (χ0) is 17.5. The Morgan fingerprint density at radius 1 is 1.16 bits per heavy atom. The van der Waals surface area contributed by atoms with Gasteiger partial charge in [-0.15, -0.1) is 11.3 Å². The molecule has 0 aliphatic carbocycles. The first kappa shape index (κ1) is 17.9. The predicted octanol–water partition coefficient (Wildman–Crippen LogP) is 3.57. The van der Waals surface area contributed by atoms with E-state index < -0.39 is 0 Å². The van der Waals surface area contributed by atoms with Crippen molar-refractivity contribution in [3.63, 3.8) is 0 Å². The molecule has 1 aliphatic heterocycles. The van der Waals surface area contributed by atoms with E-state index in [4.69, 9.17) is 0 Å². The average molecular weight is 361 g/mol. The molecule has 0 bridgehead atoms. The van der Waals surface area contributed by atoms with Crippen molar-refractivity contribution in [1.29, 1.82) is 0 Å². The molecule has 3 rings (SSSR count). The Labute approximate surface area is 152 Å². The number of hydrogen-bond donors (Lipinski definition) is 2. The molecule has 0 radical (unpaired) electrons. The molecule has 2 N–H and O–H groups in total. The number of nitrogens with one attached hydrogen (secondary N) is 2. The molecule has 1 fully saturated rings. The summed E-state index contributed by atoms with van der Waals surface area (Å²) < 4.78 is 12.9. The van der Waals surface area contributed by atoms with Crippen LogP contribution < -0.4 is 10.6 Å². The van der Waals surface area contributed by atoms with Gasteiger partial charge >= 0.3 is 6.03 Å². The Bertz CT molecular complexity index is 654. The molecular weight excluding hydrogens is 337 g/mol. The standard InChI is InChI=1S/C19H24FN3OS/c20-16-7-5-15(6-8-16)9-10-21-19(24)22-14-17(18-4-3-13-25-18)23-11-1-2-12-23/h3-8,13,17H,1-2,9-12,14H2,(H2,21,22,24). The van der Waals surface area contributed by atoms with Gasteiger partial charge in [-0.3, -0.25) is 4.90 Å². The topological polar surface area (TPSA) is 44.4 Å². The van der Waals surface area contributed by atoms with Crippen LogP contribution in [0.3, 0.4) is 0 Å². The van der Waals surface area contributed by atoms with Gasteiger partial charge < -0.3 is 10.6 Å². The number of carbonyl (C=O) groups excluding carboxylic acids is 1. The molecule has 2 aromatic rings. The molecule has 2 amide bonds. The van der Waals surface area contributed by atoms with Crippen LogP contribution in [0.25, 0.3) is 0 Å². The summed E-state index contributed by atoms with van der Waals surface area (Å²) in [7, 11) is 0. The first-order chi connectivity index (χ1) is 12.2. The zero-order valence-corrected chi connectivity index (χ0v) is 15.0. The molecule has 2 heterocycles. The van der Waals surface area contributed by atoms with E-state index >= 15 is 0 Å². The number of likely N-dealkylation sites (tertiary alicyclic amines) is 1. The van der Waals surface area contributed by atoms with E-state index in [2.05, 4.69) is 33.0 Å². The summed E-state index contributed by atoms with van der Waals surface area (Å²) >= 11 is 1.74. The molecule has 1 saturated heterocycles. The number of hydrogen-bond acceptors (Lipinski definition) is 3. The summed E-state index contributed by atoms with van der Waals surface area (Å²) in [6, 6.07) is 10.7. The number of benzene rings is 1. The fraction of sp³-hybridized carbons (Fsp3) is 0.421. The Morgan fingerprint density at radius 2 is 1.92 bits per heavy atom. The second-order valence-corrected chi connectivity index (χ2v) is 7.27. The predicted molar refractivity (Wildman–Crippen MR) is 99.4 cm³/mol. The van der Waals surface area contributed by atoms with E-state index in [1.165, 1.54) is 29.9 Å². The van der Waals surface area contributed by atoms with Crippen LogP contribution in [0.1, 0.15) is 29.3 Å². The Balaban J connectivity index is 1.44. The van der Waals surface area contributed by atoms with Crippen LogP contribution in [-0.2, 0) is 6.42 Å². The maximum Gasteiger partial charge on any atom is 0.314 e. The molecule has 0 saturated carbocycles. The van der Waals surface area contributed by atoms with Gasteiger partial charge in [0.25, 0.3) is 0 Å². The zero-order valence-electron chi connectivity index (χ0n) is 14.2. The Kier molecular flexibility index (Phi) is 6.42. The molecule has 6 heteroatoms.